The highest BCUT2D eigenvalue weighted by Gasteiger charge is 2.70. The molecule has 3 aliphatic rings. The average molecular weight is 362 g/mol. The summed E-state index contributed by atoms with van der Waals surface area (Å²) in [6.45, 7) is 7.33. The maximum atomic E-state index is 13.2. The van der Waals surface area contributed by atoms with Crippen LogP contribution in [0.1, 0.15) is 33.3 Å². The van der Waals surface area contributed by atoms with Gasteiger partial charge in [-0.25, -0.2) is 0 Å². The van der Waals surface area contributed by atoms with Gasteiger partial charge in [-0.2, -0.15) is 0 Å². The average Bonchev–Trinajstić information content (AvgIpc) is 3.05. The van der Waals surface area contributed by atoms with Crippen LogP contribution in [0.5, 0.6) is 0 Å². The van der Waals surface area contributed by atoms with E-state index in [-0.39, 0.29) is 23.8 Å². The van der Waals surface area contributed by atoms with Crippen molar-refractivity contribution >= 4 is 35.0 Å². The van der Waals surface area contributed by atoms with Gasteiger partial charge in [0.05, 0.1) is 22.5 Å². The minimum Gasteiger partial charge on any atom is -0.323 e. The molecular formula is C18H20ClN3O3. The number of amides is 3. The zero-order valence-electron chi connectivity index (χ0n) is 14.5. The van der Waals surface area contributed by atoms with Gasteiger partial charge in [-0.05, 0) is 33.8 Å². The van der Waals surface area contributed by atoms with Crippen LogP contribution in [0.15, 0.2) is 18.2 Å². The van der Waals surface area contributed by atoms with Crippen molar-refractivity contribution in [3.8, 4) is 0 Å². The minimum atomic E-state index is -1.25. The second-order valence-corrected chi connectivity index (χ2v) is 8.45. The number of para-hydroxylation sites is 1. The van der Waals surface area contributed by atoms with Crippen LogP contribution in [0.2, 0.25) is 5.02 Å². The Kier molecular flexibility index (Phi) is 3.19. The molecule has 0 aliphatic carbocycles. The van der Waals surface area contributed by atoms with Crippen molar-refractivity contribution in [1.29, 1.82) is 0 Å². The standard InChI is InChI=1S/C18H20ClN3O3/c1-8-11-12(15(24)22(14(11)23)17(2,3)4)18(21-8)9-6-5-7-10(19)13(9)20-16(18)25/h5-8,11-12,21H,1-4H3,(H,20,25)/t8-,11+,12-,18+/m0/s1. The Hall–Kier alpha value is -1.92. The monoisotopic (exact) mass is 361 g/mol. The molecule has 25 heavy (non-hydrogen) atoms. The summed E-state index contributed by atoms with van der Waals surface area (Å²) >= 11 is 6.24. The van der Waals surface area contributed by atoms with Gasteiger partial charge in [0.25, 0.3) is 0 Å². The van der Waals surface area contributed by atoms with Crippen LogP contribution in [-0.4, -0.2) is 34.2 Å². The summed E-state index contributed by atoms with van der Waals surface area (Å²) in [6, 6.07) is 4.94. The van der Waals surface area contributed by atoms with Crippen molar-refractivity contribution in [3.63, 3.8) is 0 Å². The van der Waals surface area contributed by atoms with Crippen LogP contribution in [-0.2, 0) is 19.9 Å². The number of rotatable bonds is 0. The molecule has 132 valence electrons. The fraction of sp³-hybridized carbons (Fsp3) is 0.500. The van der Waals surface area contributed by atoms with Gasteiger partial charge in [-0.3, -0.25) is 24.6 Å². The van der Waals surface area contributed by atoms with Crippen LogP contribution >= 0.6 is 11.6 Å². The molecule has 3 heterocycles. The van der Waals surface area contributed by atoms with Crippen LogP contribution in [0.25, 0.3) is 0 Å². The molecule has 1 spiro atoms. The van der Waals surface area contributed by atoms with E-state index in [1.54, 1.807) is 18.2 Å². The molecule has 2 saturated heterocycles. The largest absolute Gasteiger partial charge is 0.323 e. The van der Waals surface area contributed by atoms with Gasteiger partial charge in [0, 0.05) is 17.1 Å². The van der Waals surface area contributed by atoms with Crippen LogP contribution in [0.3, 0.4) is 0 Å². The maximum absolute atomic E-state index is 13.2. The lowest BCUT2D eigenvalue weighted by Gasteiger charge is -2.34. The zero-order chi connectivity index (χ0) is 18.3. The third-order valence-electron chi connectivity index (χ3n) is 5.52. The molecule has 3 aliphatic heterocycles. The third-order valence-corrected chi connectivity index (χ3v) is 5.83. The number of hydrogen-bond donors (Lipinski definition) is 2. The van der Waals surface area contributed by atoms with Crippen LogP contribution in [0, 0.1) is 11.8 Å². The number of imide groups is 1. The number of nitrogens with one attached hydrogen (secondary N) is 2. The minimum absolute atomic E-state index is 0.220. The Morgan fingerprint density at radius 3 is 2.48 bits per heavy atom. The first-order valence-electron chi connectivity index (χ1n) is 8.36. The summed E-state index contributed by atoms with van der Waals surface area (Å²) in [5.41, 5.74) is -0.729. The Labute approximate surface area is 150 Å². The molecule has 7 heteroatoms. The number of fused-ring (bicyclic) bond motifs is 4. The second kappa shape index (κ2) is 4.83. The van der Waals surface area contributed by atoms with Gasteiger partial charge in [0.2, 0.25) is 17.7 Å². The van der Waals surface area contributed by atoms with Gasteiger partial charge >= 0.3 is 0 Å². The van der Waals surface area contributed by atoms with Crippen molar-refractivity contribution in [1.82, 2.24) is 10.2 Å². The van der Waals surface area contributed by atoms with E-state index in [4.69, 9.17) is 11.6 Å². The zero-order valence-corrected chi connectivity index (χ0v) is 15.3. The third kappa shape index (κ3) is 1.87. The van der Waals surface area contributed by atoms with E-state index in [1.165, 1.54) is 4.90 Å². The molecule has 0 radical (unpaired) electrons. The van der Waals surface area contributed by atoms with E-state index >= 15 is 0 Å². The van der Waals surface area contributed by atoms with Gasteiger partial charge in [0.1, 0.15) is 5.54 Å². The van der Waals surface area contributed by atoms with Crippen molar-refractivity contribution in [3.05, 3.63) is 28.8 Å². The predicted molar refractivity (Wildman–Crippen MR) is 92.9 cm³/mol. The lowest BCUT2D eigenvalue weighted by atomic mass is 9.76. The van der Waals surface area contributed by atoms with Crippen molar-refractivity contribution in [2.24, 2.45) is 11.8 Å². The molecule has 0 saturated carbocycles. The molecular weight excluding hydrogens is 342 g/mol. The summed E-state index contributed by atoms with van der Waals surface area (Å²) in [5, 5.41) is 6.48. The number of anilines is 1. The van der Waals surface area contributed by atoms with Gasteiger partial charge in [-0.15, -0.1) is 0 Å². The molecule has 2 fully saturated rings. The maximum Gasteiger partial charge on any atom is 0.250 e. The van der Waals surface area contributed by atoms with E-state index in [2.05, 4.69) is 10.6 Å². The Bertz CT molecular complexity index is 831. The van der Waals surface area contributed by atoms with Crippen molar-refractivity contribution < 1.29 is 14.4 Å². The number of halogens is 1. The predicted octanol–water partition coefficient (Wildman–Crippen LogP) is 1.88. The first kappa shape index (κ1) is 16.5. The topological polar surface area (TPSA) is 78.5 Å². The fourth-order valence-electron chi connectivity index (χ4n) is 4.62. The van der Waals surface area contributed by atoms with Crippen LogP contribution in [0.4, 0.5) is 5.69 Å². The highest BCUT2D eigenvalue weighted by Crippen LogP contribution is 2.54. The molecule has 0 unspecified atom stereocenters. The quantitative estimate of drug-likeness (QED) is 0.691. The molecule has 6 nitrogen and oxygen atoms in total. The van der Waals surface area contributed by atoms with E-state index < -0.39 is 22.9 Å². The normalized spacial score (nSPS) is 33.9. The van der Waals surface area contributed by atoms with Gasteiger partial charge < -0.3 is 5.32 Å². The number of hydrogen-bond acceptors (Lipinski definition) is 4. The molecule has 0 bridgehead atoms. The summed E-state index contributed by atoms with van der Waals surface area (Å²) in [4.78, 5) is 40.5. The van der Waals surface area contributed by atoms with E-state index in [9.17, 15) is 14.4 Å². The summed E-state index contributed by atoms with van der Waals surface area (Å²) < 4.78 is 0. The molecule has 4 atom stereocenters. The lowest BCUT2D eigenvalue weighted by molar-refractivity contribution is -0.147. The highest BCUT2D eigenvalue weighted by molar-refractivity contribution is 6.35. The van der Waals surface area contributed by atoms with Crippen molar-refractivity contribution in [2.75, 3.05) is 5.32 Å². The molecule has 3 amide bonds. The molecule has 1 aromatic carbocycles. The molecule has 0 aromatic heterocycles. The van der Waals surface area contributed by atoms with Crippen LogP contribution < -0.4 is 10.6 Å². The van der Waals surface area contributed by atoms with E-state index in [0.717, 1.165) is 0 Å². The lowest BCUT2D eigenvalue weighted by Crippen LogP contribution is -2.55. The molecule has 1 aromatic rings. The summed E-state index contributed by atoms with van der Waals surface area (Å²) in [7, 11) is 0. The first-order chi connectivity index (χ1) is 11.6. The Balaban J connectivity index is 1.93. The second-order valence-electron chi connectivity index (χ2n) is 8.04. The summed E-state index contributed by atoms with van der Waals surface area (Å²) in [5.74, 6) is -2.19. The van der Waals surface area contributed by atoms with Gasteiger partial charge in [-0.1, -0.05) is 23.7 Å². The summed E-state index contributed by atoms with van der Waals surface area (Å²) in [6.07, 6.45) is 0. The SMILES string of the molecule is C[C@@H]1N[C@@]2(C(=O)Nc3c(Cl)cccc32)[C@@H]2C(=O)N(C(C)(C)C)C(=O)[C@H]12. The van der Waals surface area contributed by atoms with Crippen molar-refractivity contribution in [2.45, 2.75) is 44.8 Å². The Morgan fingerprint density at radius 1 is 1.16 bits per heavy atom. The fourth-order valence-corrected chi connectivity index (χ4v) is 4.84. The molecule has 4 rings (SSSR count). The smallest absolute Gasteiger partial charge is 0.250 e. The van der Waals surface area contributed by atoms with Gasteiger partial charge in [0.15, 0.2) is 0 Å². The highest BCUT2D eigenvalue weighted by atomic mass is 35.5. The van der Waals surface area contributed by atoms with E-state index in [1.807, 2.05) is 27.7 Å². The molecule has 2 N–H and O–H groups in total. The number of benzene rings is 1. The van der Waals surface area contributed by atoms with E-state index in [0.29, 0.717) is 16.3 Å². The number of carbonyl (C=O) groups excluding carboxylic acids is 3. The first-order valence-corrected chi connectivity index (χ1v) is 8.74. The number of likely N-dealkylation sites (tertiary alicyclic amines) is 1. The Morgan fingerprint density at radius 2 is 1.84 bits per heavy atom. The number of nitrogens with zero attached hydrogens (tertiary/aromatic N) is 1. The number of carbonyl (C=O) groups is 3.